The van der Waals surface area contributed by atoms with Gasteiger partial charge in [0.15, 0.2) is 5.76 Å². The SMILES string of the molecule is CNS(=O)(=O)c1ccc(C(=O)NCCc2cccc(Cl)c2Cl)o1. The Hall–Kier alpha value is -1.54. The van der Waals surface area contributed by atoms with Crippen LogP contribution in [0.2, 0.25) is 10.0 Å². The molecular weight excluding hydrogens is 363 g/mol. The lowest BCUT2D eigenvalue weighted by Crippen LogP contribution is -2.25. The molecule has 2 N–H and O–H groups in total. The van der Waals surface area contributed by atoms with Crippen molar-refractivity contribution in [2.45, 2.75) is 11.5 Å². The molecule has 0 saturated carbocycles. The van der Waals surface area contributed by atoms with Gasteiger partial charge in [-0.05, 0) is 37.2 Å². The standard InChI is InChI=1S/C14H14Cl2N2O4S/c1-17-23(20,21)12-6-5-11(22-12)14(19)18-8-7-9-3-2-4-10(15)13(9)16/h2-6,17H,7-8H2,1H3,(H,18,19). The van der Waals surface area contributed by atoms with E-state index in [2.05, 4.69) is 10.0 Å². The van der Waals surface area contributed by atoms with Crippen molar-refractivity contribution in [3.63, 3.8) is 0 Å². The minimum absolute atomic E-state index is 0.0870. The summed E-state index contributed by atoms with van der Waals surface area (Å²) in [6, 6.07) is 7.77. The molecule has 6 nitrogen and oxygen atoms in total. The van der Waals surface area contributed by atoms with E-state index < -0.39 is 15.9 Å². The summed E-state index contributed by atoms with van der Waals surface area (Å²) >= 11 is 12.0. The summed E-state index contributed by atoms with van der Waals surface area (Å²) in [6.45, 7) is 0.299. The van der Waals surface area contributed by atoms with E-state index in [4.69, 9.17) is 27.6 Å². The fourth-order valence-corrected chi connectivity index (χ4v) is 2.89. The zero-order valence-corrected chi connectivity index (χ0v) is 14.4. The Morgan fingerprint density at radius 3 is 2.65 bits per heavy atom. The van der Waals surface area contributed by atoms with Gasteiger partial charge in [-0.25, -0.2) is 13.1 Å². The van der Waals surface area contributed by atoms with Crippen LogP contribution in [0.25, 0.3) is 0 Å². The normalized spacial score (nSPS) is 11.4. The van der Waals surface area contributed by atoms with E-state index >= 15 is 0 Å². The maximum Gasteiger partial charge on any atom is 0.287 e. The van der Waals surface area contributed by atoms with Gasteiger partial charge in [-0.1, -0.05) is 35.3 Å². The van der Waals surface area contributed by atoms with Gasteiger partial charge in [-0.2, -0.15) is 0 Å². The second-order valence-corrected chi connectivity index (χ2v) is 7.15. The summed E-state index contributed by atoms with van der Waals surface area (Å²) in [5.41, 5.74) is 0.803. The van der Waals surface area contributed by atoms with Crippen LogP contribution in [0.15, 0.2) is 39.8 Å². The quantitative estimate of drug-likeness (QED) is 0.810. The summed E-state index contributed by atoms with van der Waals surface area (Å²) in [7, 11) is -2.46. The van der Waals surface area contributed by atoms with Gasteiger partial charge in [0.1, 0.15) is 0 Å². The number of hydrogen-bond acceptors (Lipinski definition) is 4. The number of amides is 1. The predicted octanol–water partition coefficient (Wildman–Crippen LogP) is 2.47. The molecule has 2 rings (SSSR count). The molecule has 0 bridgehead atoms. The third-order valence-corrected chi connectivity index (χ3v) is 5.19. The predicted molar refractivity (Wildman–Crippen MR) is 87.5 cm³/mol. The first-order chi connectivity index (χ1) is 10.8. The maximum absolute atomic E-state index is 11.9. The van der Waals surface area contributed by atoms with Crippen LogP contribution in [-0.4, -0.2) is 27.9 Å². The topological polar surface area (TPSA) is 88.4 Å². The molecule has 2 aromatic rings. The molecule has 0 fully saturated rings. The Kier molecular flexibility index (Phi) is 5.69. The van der Waals surface area contributed by atoms with Crippen molar-refractivity contribution in [2.24, 2.45) is 0 Å². The minimum atomic E-state index is -3.71. The molecule has 0 radical (unpaired) electrons. The van der Waals surface area contributed by atoms with E-state index in [1.807, 2.05) is 6.07 Å². The van der Waals surface area contributed by atoms with Crippen LogP contribution in [0.3, 0.4) is 0 Å². The van der Waals surface area contributed by atoms with Gasteiger partial charge >= 0.3 is 0 Å². The zero-order valence-electron chi connectivity index (χ0n) is 12.1. The smallest absolute Gasteiger partial charge is 0.287 e. The monoisotopic (exact) mass is 376 g/mol. The second kappa shape index (κ2) is 7.35. The number of rotatable bonds is 6. The van der Waals surface area contributed by atoms with Crippen LogP contribution in [0.1, 0.15) is 16.1 Å². The Bertz CT molecular complexity index is 818. The molecule has 0 aliphatic carbocycles. The molecule has 23 heavy (non-hydrogen) atoms. The number of carbonyl (C=O) groups excluding carboxylic acids is 1. The van der Waals surface area contributed by atoms with Gasteiger partial charge in [0.05, 0.1) is 10.0 Å². The van der Waals surface area contributed by atoms with E-state index in [1.165, 1.54) is 19.2 Å². The number of sulfonamides is 1. The molecule has 0 unspecified atom stereocenters. The summed E-state index contributed by atoms with van der Waals surface area (Å²) in [6.07, 6.45) is 0.480. The molecule has 1 heterocycles. The Morgan fingerprint density at radius 1 is 1.22 bits per heavy atom. The lowest BCUT2D eigenvalue weighted by molar-refractivity contribution is 0.0921. The van der Waals surface area contributed by atoms with Crippen molar-refractivity contribution in [3.8, 4) is 0 Å². The van der Waals surface area contributed by atoms with Crippen LogP contribution >= 0.6 is 23.2 Å². The fraction of sp³-hybridized carbons (Fsp3) is 0.214. The van der Waals surface area contributed by atoms with Gasteiger partial charge in [0.2, 0.25) is 5.09 Å². The lowest BCUT2D eigenvalue weighted by Gasteiger charge is -2.06. The Morgan fingerprint density at radius 2 is 1.96 bits per heavy atom. The largest absolute Gasteiger partial charge is 0.438 e. The first-order valence-corrected chi connectivity index (χ1v) is 8.83. The highest BCUT2D eigenvalue weighted by Gasteiger charge is 2.19. The van der Waals surface area contributed by atoms with Gasteiger partial charge < -0.3 is 9.73 Å². The van der Waals surface area contributed by atoms with Crippen LogP contribution in [0, 0.1) is 0 Å². The molecule has 0 saturated heterocycles. The number of carbonyl (C=O) groups is 1. The number of nitrogens with one attached hydrogen (secondary N) is 2. The number of furan rings is 1. The van der Waals surface area contributed by atoms with Gasteiger partial charge in [-0.3, -0.25) is 4.79 Å². The van der Waals surface area contributed by atoms with Gasteiger partial charge in [-0.15, -0.1) is 0 Å². The van der Waals surface area contributed by atoms with Crippen LogP contribution in [0.5, 0.6) is 0 Å². The molecule has 0 aliphatic rings. The van der Waals surface area contributed by atoms with Gasteiger partial charge in [0, 0.05) is 6.54 Å². The van der Waals surface area contributed by atoms with Crippen molar-refractivity contribution in [1.82, 2.24) is 10.0 Å². The Balaban J connectivity index is 1.97. The molecule has 9 heteroatoms. The zero-order chi connectivity index (χ0) is 17.0. The molecule has 1 aromatic heterocycles. The van der Waals surface area contributed by atoms with E-state index in [0.29, 0.717) is 23.0 Å². The van der Waals surface area contributed by atoms with Crippen LogP contribution in [0.4, 0.5) is 0 Å². The number of benzene rings is 1. The molecular formula is C14H14Cl2N2O4S. The van der Waals surface area contributed by atoms with Crippen LogP contribution in [-0.2, 0) is 16.4 Å². The lowest BCUT2D eigenvalue weighted by atomic mass is 10.1. The highest BCUT2D eigenvalue weighted by molar-refractivity contribution is 7.89. The van der Waals surface area contributed by atoms with Crippen molar-refractivity contribution < 1.29 is 17.6 Å². The highest BCUT2D eigenvalue weighted by atomic mass is 35.5. The second-order valence-electron chi connectivity index (χ2n) is 4.55. The van der Waals surface area contributed by atoms with Crippen molar-refractivity contribution in [2.75, 3.05) is 13.6 Å². The summed E-state index contributed by atoms with van der Waals surface area (Å²) < 4.78 is 30.2. The number of halogens is 2. The minimum Gasteiger partial charge on any atom is -0.438 e. The average molecular weight is 377 g/mol. The number of hydrogen-bond donors (Lipinski definition) is 2. The van der Waals surface area contributed by atoms with Crippen LogP contribution < -0.4 is 10.0 Å². The molecule has 0 atom stereocenters. The molecule has 124 valence electrons. The van der Waals surface area contributed by atoms with Gasteiger partial charge in [0.25, 0.3) is 15.9 Å². The third kappa shape index (κ3) is 4.26. The van der Waals surface area contributed by atoms with E-state index in [9.17, 15) is 13.2 Å². The van der Waals surface area contributed by atoms with E-state index in [0.717, 1.165) is 5.56 Å². The van der Waals surface area contributed by atoms with Crippen molar-refractivity contribution in [1.29, 1.82) is 0 Å². The average Bonchev–Trinajstić information content (AvgIpc) is 3.02. The Labute approximate surface area is 143 Å². The molecule has 1 amide bonds. The summed E-state index contributed by atoms with van der Waals surface area (Å²) in [5.74, 6) is -0.600. The summed E-state index contributed by atoms with van der Waals surface area (Å²) in [5, 5.41) is 3.21. The van der Waals surface area contributed by atoms with E-state index in [1.54, 1.807) is 12.1 Å². The fourth-order valence-electron chi connectivity index (χ4n) is 1.83. The first kappa shape index (κ1) is 17.8. The van der Waals surface area contributed by atoms with Crippen molar-refractivity contribution in [3.05, 3.63) is 51.7 Å². The molecule has 0 aliphatic heterocycles. The molecule has 0 spiro atoms. The van der Waals surface area contributed by atoms with E-state index in [-0.39, 0.29) is 10.9 Å². The molecule has 1 aromatic carbocycles. The van der Waals surface area contributed by atoms with Crippen molar-refractivity contribution >= 4 is 39.1 Å². The highest BCUT2D eigenvalue weighted by Crippen LogP contribution is 2.25. The third-order valence-electron chi connectivity index (χ3n) is 3.05. The maximum atomic E-state index is 11.9. The first-order valence-electron chi connectivity index (χ1n) is 6.59. The summed E-state index contributed by atoms with van der Waals surface area (Å²) in [4.78, 5) is 11.9.